The molecule has 3 aromatic rings. The van der Waals surface area contributed by atoms with Gasteiger partial charge in [0.05, 0.1) is 35.7 Å². The highest BCUT2D eigenvalue weighted by atomic mass is 32.2. The summed E-state index contributed by atoms with van der Waals surface area (Å²) >= 11 is 1.44. The molecule has 3 rings (SSSR count). The molecule has 0 bridgehead atoms. The predicted octanol–water partition coefficient (Wildman–Crippen LogP) is 4.30. The second-order valence-electron chi connectivity index (χ2n) is 6.46. The molecule has 0 unspecified atom stereocenters. The lowest BCUT2D eigenvalue weighted by molar-refractivity contribution is -0.137. The molecule has 0 aliphatic heterocycles. The minimum absolute atomic E-state index is 0.244. The van der Waals surface area contributed by atoms with Gasteiger partial charge in [-0.25, -0.2) is 0 Å². The maximum absolute atomic E-state index is 11.3. The Morgan fingerprint density at radius 1 is 1.31 bits per heavy atom. The molecule has 0 saturated carbocycles. The Kier molecular flexibility index (Phi) is 5.01. The lowest BCUT2D eigenvalue weighted by Crippen LogP contribution is -2.13. The molecular weight excluding hydrogens is 346 g/mol. The molecule has 0 saturated heterocycles. The molecule has 6 heteroatoms. The third-order valence-corrected chi connectivity index (χ3v) is 5.18. The number of carbonyl (C=O) groups is 1. The first-order chi connectivity index (χ1) is 12.4. The maximum Gasteiger partial charge on any atom is 0.315 e. The molecular formula is C20H19N3O2S. The fraction of sp³-hybridized carbons (Fsp3) is 0.250. The highest BCUT2D eigenvalue weighted by Crippen LogP contribution is 2.29. The minimum atomic E-state index is -0.568. The zero-order chi connectivity index (χ0) is 18.7. The smallest absolute Gasteiger partial charge is 0.315 e. The lowest BCUT2D eigenvalue weighted by atomic mass is 9.86. The van der Waals surface area contributed by atoms with Gasteiger partial charge in [-0.1, -0.05) is 0 Å². The molecule has 26 heavy (non-hydrogen) atoms. The van der Waals surface area contributed by atoms with Crippen molar-refractivity contribution in [3.05, 3.63) is 48.2 Å². The van der Waals surface area contributed by atoms with Crippen molar-refractivity contribution < 1.29 is 9.53 Å². The summed E-state index contributed by atoms with van der Waals surface area (Å²) in [5.74, 6) is 0.0394. The van der Waals surface area contributed by atoms with E-state index in [0.29, 0.717) is 0 Å². The van der Waals surface area contributed by atoms with E-state index in [-0.39, 0.29) is 11.7 Å². The SMILES string of the molecule is COC(=O)CSc1ccc2[nH]c(-c3cc(C(C)(C)C#N)ccn3)cc2c1. The van der Waals surface area contributed by atoms with Gasteiger partial charge in [0, 0.05) is 22.0 Å². The number of H-pyrrole nitrogens is 1. The first kappa shape index (κ1) is 18.0. The quantitative estimate of drug-likeness (QED) is 0.539. The van der Waals surface area contributed by atoms with Crippen LogP contribution >= 0.6 is 11.8 Å². The number of rotatable bonds is 5. The molecule has 1 N–H and O–H groups in total. The van der Waals surface area contributed by atoms with Crippen molar-refractivity contribution in [2.75, 3.05) is 12.9 Å². The Labute approximate surface area is 156 Å². The van der Waals surface area contributed by atoms with Crippen molar-refractivity contribution in [1.82, 2.24) is 9.97 Å². The van der Waals surface area contributed by atoms with Gasteiger partial charge in [-0.3, -0.25) is 9.78 Å². The number of ether oxygens (including phenoxy) is 1. The van der Waals surface area contributed by atoms with Crippen LogP contribution in [0.4, 0.5) is 0 Å². The summed E-state index contributed by atoms with van der Waals surface area (Å²) in [7, 11) is 1.39. The number of aromatic amines is 1. The lowest BCUT2D eigenvalue weighted by Gasteiger charge is -2.15. The van der Waals surface area contributed by atoms with Gasteiger partial charge < -0.3 is 9.72 Å². The van der Waals surface area contributed by atoms with Crippen molar-refractivity contribution >= 4 is 28.6 Å². The monoisotopic (exact) mass is 365 g/mol. The van der Waals surface area contributed by atoms with Crippen LogP contribution in [-0.4, -0.2) is 28.8 Å². The first-order valence-corrected chi connectivity index (χ1v) is 9.12. The number of carbonyl (C=O) groups excluding carboxylic acids is 1. The molecule has 0 amide bonds. The summed E-state index contributed by atoms with van der Waals surface area (Å²) in [5, 5.41) is 10.4. The van der Waals surface area contributed by atoms with Gasteiger partial charge >= 0.3 is 5.97 Å². The van der Waals surface area contributed by atoms with Gasteiger partial charge in [0.15, 0.2) is 0 Å². The Balaban J connectivity index is 1.91. The third kappa shape index (κ3) is 3.73. The van der Waals surface area contributed by atoms with E-state index in [0.717, 1.165) is 32.7 Å². The van der Waals surface area contributed by atoms with Crippen molar-refractivity contribution in [2.45, 2.75) is 24.2 Å². The van der Waals surface area contributed by atoms with Crippen molar-refractivity contribution in [1.29, 1.82) is 5.26 Å². The summed E-state index contributed by atoms with van der Waals surface area (Å²) in [4.78, 5) is 20.1. The molecule has 2 heterocycles. The molecule has 0 aliphatic carbocycles. The minimum Gasteiger partial charge on any atom is -0.468 e. The van der Waals surface area contributed by atoms with Crippen LogP contribution in [0, 0.1) is 11.3 Å². The Morgan fingerprint density at radius 2 is 2.12 bits per heavy atom. The van der Waals surface area contributed by atoms with E-state index in [2.05, 4.69) is 20.8 Å². The van der Waals surface area contributed by atoms with E-state index in [9.17, 15) is 10.1 Å². The number of hydrogen-bond donors (Lipinski definition) is 1. The standard InChI is InChI=1S/C20H19N3O2S/c1-20(2,12-21)14-6-7-22-17(10-14)18-9-13-8-15(4-5-16(13)23-18)26-11-19(24)25-3/h4-10,23H,11H2,1-3H3. The first-order valence-electron chi connectivity index (χ1n) is 8.13. The molecule has 1 aromatic carbocycles. The number of fused-ring (bicyclic) bond motifs is 1. The second-order valence-corrected chi connectivity index (χ2v) is 7.51. The fourth-order valence-electron chi connectivity index (χ4n) is 2.57. The maximum atomic E-state index is 11.3. The zero-order valence-corrected chi connectivity index (χ0v) is 15.7. The summed E-state index contributed by atoms with van der Waals surface area (Å²) in [5.41, 5.74) is 3.05. The van der Waals surface area contributed by atoms with Gasteiger partial charge in [0.1, 0.15) is 0 Å². The molecule has 5 nitrogen and oxygen atoms in total. The highest BCUT2D eigenvalue weighted by molar-refractivity contribution is 8.00. The largest absolute Gasteiger partial charge is 0.468 e. The van der Waals surface area contributed by atoms with E-state index in [1.807, 2.05) is 50.2 Å². The molecule has 0 aliphatic rings. The van der Waals surface area contributed by atoms with Gasteiger partial charge in [-0.05, 0) is 55.8 Å². The van der Waals surface area contributed by atoms with Gasteiger partial charge in [0.2, 0.25) is 0 Å². The average Bonchev–Trinajstić information content (AvgIpc) is 3.09. The van der Waals surface area contributed by atoms with E-state index >= 15 is 0 Å². The molecule has 0 spiro atoms. The molecule has 2 aromatic heterocycles. The van der Waals surface area contributed by atoms with Crippen LogP contribution in [0.2, 0.25) is 0 Å². The number of nitrogens with zero attached hydrogens (tertiary/aromatic N) is 2. The van der Waals surface area contributed by atoms with Crippen LogP contribution in [0.5, 0.6) is 0 Å². The van der Waals surface area contributed by atoms with E-state index < -0.39 is 5.41 Å². The van der Waals surface area contributed by atoms with Crippen LogP contribution in [0.3, 0.4) is 0 Å². The van der Waals surface area contributed by atoms with Gasteiger partial charge in [-0.2, -0.15) is 5.26 Å². The predicted molar refractivity (Wildman–Crippen MR) is 103 cm³/mol. The average molecular weight is 365 g/mol. The van der Waals surface area contributed by atoms with E-state index in [4.69, 9.17) is 0 Å². The van der Waals surface area contributed by atoms with E-state index in [1.54, 1.807) is 6.20 Å². The fourth-order valence-corrected chi connectivity index (χ4v) is 3.35. The number of methoxy groups -OCH3 is 1. The normalized spacial score (nSPS) is 11.3. The number of thioether (sulfide) groups is 1. The molecule has 132 valence electrons. The van der Waals surface area contributed by atoms with Crippen molar-refractivity contribution in [3.63, 3.8) is 0 Å². The van der Waals surface area contributed by atoms with E-state index in [1.165, 1.54) is 18.9 Å². The van der Waals surface area contributed by atoms with Gasteiger partial charge in [-0.15, -0.1) is 11.8 Å². The third-order valence-electron chi connectivity index (χ3n) is 4.21. The molecule has 0 fully saturated rings. The van der Waals surface area contributed by atoms with Crippen LogP contribution < -0.4 is 0 Å². The summed E-state index contributed by atoms with van der Waals surface area (Å²) in [6, 6.07) is 14.2. The number of hydrogen-bond acceptors (Lipinski definition) is 5. The second kappa shape index (κ2) is 7.22. The topological polar surface area (TPSA) is 78.8 Å². The van der Waals surface area contributed by atoms with Crippen LogP contribution in [0.15, 0.2) is 47.5 Å². The van der Waals surface area contributed by atoms with Crippen LogP contribution in [-0.2, 0) is 14.9 Å². The van der Waals surface area contributed by atoms with Crippen molar-refractivity contribution in [3.8, 4) is 17.5 Å². The Hall–Kier alpha value is -2.78. The Morgan fingerprint density at radius 3 is 2.85 bits per heavy atom. The highest BCUT2D eigenvalue weighted by Gasteiger charge is 2.20. The zero-order valence-electron chi connectivity index (χ0n) is 14.9. The van der Waals surface area contributed by atoms with Gasteiger partial charge in [0.25, 0.3) is 0 Å². The number of esters is 1. The number of aromatic nitrogens is 2. The number of pyridine rings is 1. The summed E-state index contributed by atoms with van der Waals surface area (Å²) in [6.07, 6.45) is 1.73. The summed E-state index contributed by atoms with van der Waals surface area (Å²) in [6.45, 7) is 3.78. The Bertz CT molecular complexity index is 1000. The number of benzene rings is 1. The summed E-state index contributed by atoms with van der Waals surface area (Å²) < 4.78 is 4.67. The number of nitriles is 1. The molecule has 0 atom stereocenters. The molecule has 0 radical (unpaired) electrons. The van der Waals surface area contributed by atoms with Crippen molar-refractivity contribution in [2.24, 2.45) is 0 Å². The van der Waals surface area contributed by atoms with Crippen LogP contribution in [0.1, 0.15) is 19.4 Å². The van der Waals surface area contributed by atoms with Crippen LogP contribution in [0.25, 0.3) is 22.3 Å². The number of nitrogens with one attached hydrogen (secondary N) is 1.